The average molecular weight is 583 g/mol. The van der Waals surface area contributed by atoms with Gasteiger partial charge in [0.15, 0.2) is 23.4 Å². The predicted octanol–water partition coefficient (Wildman–Crippen LogP) is 1.00. The minimum Gasteiger partial charge on any atom is -0.478 e. The van der Waals surface area contributed by atoms with Crippen molar-refractivity contribution in [2.75, 3.05) is 39.1 Å². The van der Waals surface area contributed by atoms with Crippen molar-refractivity contribution in [1.82, 2.24) is 26.4 Å². The zero-order valence-electron chi connectivity index (χ0n) is 23.5. The van der Waals surface area contributed by atoms with Gasteiger partial charge in [0.05, 0.1) is 26.0 Å². The van der Waals surface area contributed by atoms with Gasteiger partial charge in [-0.1, -0.05) is 32.8 Å². The van der Waals surface area contributed by atoms with Crippen LogP contribution in [0.5, 0.6) is 0 Å². The van der Waals surface area contributed by atoms with Crippen molar-refractivity contribution >= 4 is 34.3 Å². The summed E-state index contributed by atoms with van der Waals surface area (Å²) in [7, 11) is 1.35. The fourth-order valence-corrected chi connectivity index (χ4v) is 4.46. The number of carboxylic acid groups (broad SMARTS) is 1. The van der Waals surface area contributed by atoms with E-state index < -0.39 is 36.1 Å². The highest BCUT2D eigenvalue weighted by atomic mass is 32.1. The second-order valence-electron chi connectivity index (χ2n) is 9.68. The Morgan fingerprint density at radius 1 is 1.38 bits per heavy atom. The molecular weight excluding hydrogens is 540 g/mol. The van der Waals surface area contributed by atoms with E-state index in [0.29, 0.717) is 23.7 Å². The maximum atomic E-state index is 12.9. The van der Waals surface area contributed by atoms with Crippen molar-refractivity contribution in [3.63, 3.8) is 0 Å². The summed E-state index contributed by atoms with van der Waals surface area (Å²) in [6.07, 6.45) is 5.11. The van der Waals surface area contributed by atoms with Crippen LogP contribution in [0.15, 0.2) is 28.2 Å². The number of aliphatic hydroxyl groups is 1. The van der Waals surface area contributed by atoms with Crippen LogP contribution in [0.4, 0.5) is 5.13 Å². The minimum atomic E-state index is -1.09. The molecule has 2 heterocycles. The summed E-state index contributed by atoms with van der Waals surface area (Å²) in [5.74, 6) is -1.45. The number of carboxylic acids is 1. The molecule has 0 radical (unpaired) electrons. The van der Waals surface area contributed by atoms with Crippen molar-refractivity contribution in [3.8, 4) is 0 Å². The lowest BCUT2D eigenvalue weighted by molar-refractivity contribution is -0.151. The number of carbonyl (C=O) groups is 3. The lowest BCUT2D eigenvalue weighted by Crippen LogP contribution is -2.70. The number of amides is 2. The third-order valence-electron chi connectivity index (χ3n) is 6.76. The quantitative estimate of drug-likeness (QED) is 0.0404. The van der Waals surface area contributed by atoms with Gasteiger partial charge in [0.25, 0.3) is 0 Å². The maximum absolute atomic E-state index is 12.9. The molecule has 1 saturated heterocycles. The lowest BCUT2D eigenvalue weighted by Gasteiger charge is -2.37. The van der Waals surface area contributed by atoms with Crippen molar-refractivity contribution in [3.05, 3.63) is 33.9 Å². The Morgan fingerprint density at radius 3 is 2.70 bits per heavy atom. The van der Waals surface area contributed by atoms with E-state index in [1.807, 2.05) is 6.08 Å². The number of nitrogens with one attached hydrogen (secondary N) is 4. The third-order valence-corrected chi connectivity index (χ3v) is 7.45. The van der Waals surface area contributed by atoms with Gasteiger partial charge in [0.2, 0.25) is 11.8 Å². The van der Waals surface area contributed by atoms with Crippen LogP contribution in [0.25, 0.3) is 0 Å². The summed E-state index contributed by atoms with van der Waals surface area (Å²) in [6, 6.07) is -2.00. The number of anilines is 1. The number of aromatic nitrogens is 1. The largest absolute Gasteiger partial charge is 0.478 e. The van der Waals surface area contributed by atoms with Crippen molar-refractivity contribution < 1.29 is 34.2 Å². The molecule has 14 heteroatoms. The van der Waals surface area contributed by atoms with E-state index in [0.717, 1.165) is 42.6 Å². The second kappa shape index (κ2) is 17.0. The number of rotatable bonds is 19. The Morgan fingerprint density at radius 2 is 2.12 bits per heavy atom. The Labute approximate surface area is 238 Å². The van der Waals surface area contributed by atoms with Gasteiger partial charge in [-0.2, -0.15) is 5.48 Å². The summed E-state index contributed by atoms with van der Waals surface area (Å²) in [4.78, 5) is 45.7. The number of hydroxylamine groups is 1. The van der Waals surface area contributed by atoms with Crippen LogP contribution < -0.4 is 27.2 Å². The summed E-state index contributed by atoms with van der Waals surface area (Å²) in [5.41, 5.74) is 10.1. The molecule has 40 heavy (non-hydrogen) atoms. The lowest BCUT2D eigenvalue weighted by atomic mass is 9.99. The van der Waals surface area contributed by atoms with Crippen LogP contribution >= 0.6 is 11.3 Å². The SMILES string of the molecule is CCC(C)CCC/C(=C\CNC/C(COC1NC(=O)C1NC(=O)C(NOC)c1csc(N)n1)=C(/C)C(=O)O)CO. The molecule has 8 N–H and O–H groups in total. The van der Waals surface area contributed by atoms with E-state index in [4.69, 9.17) is 15.3 Å². The number of nitrogens with two attached hydrogens (primary N) is 1. The van der Waals surface area contributed by atoms with Crippen LogP contribution in [0.2, 0.25) is 0 Å². The van der Waals surface area contributed by atoms with Gasteiger partial charge in [0.1, 0.15) is 0 Å². The Kier molecular flexibility index (Phi) is 14.2. The Bertz CT molecular complexity index is 1060. The molecule has 4 atom stereocenters. The van der Waals surface area contributed by atoms with E-state index >= 15 is 0 Å². The van der Waals surface area contributed by atoms with Gasteiger partial charge in [-0.15, -0.1) is 11.3 Å². The molecular formula is C26H42N6O7S. The minimum absolute atomic E-state index is 0.0206. The number of nitrogen functional groups attached to an aromatic ring is 1. The number of nitrogens with zero attached hydrogens (tertiary/aromatic N) is 1. The van der Waals surface area contributed by atoms with Gasteiger partial charge in [-0.25, -0.2) is 9.78 Å². The van der Waals surface area contributed by atoms with Gasteiger partial charge >= 0.3 is 5.97 Å². The summed E-state index contributed by atoms with van der Waals surface area (Å²) in [6.45, 7) is 6.42. The first-order valence-corrected chi connectivity index (χ1v) is 14.1. The molecule has 2 amide bonds. The van der Waals surface area contributed by atoms with Crippen LogP contribution in [0.1, 0.15) is 58.2 Å². The molecule has 0 bridgehead atoms. The monoisotopic (exact) mass is 582 g/mol. The Balaban J connectivity index is 1.93. The van der Waals surface area contributed by atoms with Gasteiger partial charge < -0.3 is 41.5 Å². The van der Waals surface area contributed by atoms with Crippen molar-refractivity contribution in [1.29, 1.82) is 0 Å². The second-order valence-corrected chi connectivity index (χ2v) is 10.6. The first-order valence-electron chi connectivity index (χ1n) is 13.2. The standard InChI is InChI=1S/C26H42N6O7S/c1-5-15(2)7-6-8-17(12-33)9-10-28-11-18(16(3)25(36)37)13-39-24-21(23(35)31-24)30-22(34)20(32-38-4)19-14-40-26(27)29-19/h9,14-15,20-21,24,28,32-33H,5-8,10-13H2,1-4H3,(H2,27,29)(H,30,34)(H,31,35)(H,36,37)/b17-9+,18-16+. The molecule has 1 aliphatic rings. The molecule has 1 aromatic rings. The van der Waals surface area contributed by atoms with Gasteiger partial charge in [-0.3, -0.25) is 9.59 Å². The molecule has 0 aromatic carbocycles. The normalized spacial score (nSPS) is 19.3. The molecule has 1 fully saturated rings. The number of aliphatic carboxylic acids is 1. The zero-order chi connectivity index (χ0) is 29.7. The zero-order valence-corrected chi connectivity index (χ0v) is 24.3. The molecule has 1 aliphatic heterocycles. The number of thiazole rings is 1. The van der Waals surface area contributed by atoms with Crippen LogP contribution in [0.3, 0.4) is 0 Å². The molecule has 0 spiro atoms. The molecule has 1 aromatic heterocycles. The number of β-lactam (4-membered cyclic amide) rings is 1. The number of hydrogen-bond acceptors (Lipinski definition) is 11. The average Bonchev–Trinajstić information content (AvgIpc) is 3.37. The summed E-state index contributed by atoms with van der Waals surface area (Å²) >= 11 is 1.16. The molecule has 2 rings (SSSR count). The number of ether oxygens (including phenoxy) is 1. The van der Waals surface area contributed by atoms with Crippen LogP contribution in [-0.2, 0) is 24.0 Å². The number of hydrogen-bond donors (Lipinski definition) is 7. The Hall–Kier alpha value is -2.88. The highest BCUT2D eigenvalue weighted by Gasteiger charge is 2.43. The van der Waals surface area contributed by atoms with Crippen molar-refractivity contribution in [2.24, 2.45) is 5.92 Å². The van der Waals surface area contributed by atoms with E-state index in [1.165, 1.54) is 14.0 Å². The maximum Gasteiger partial charge on any atom is 0.331 e. The molecule has 0 saturated carbocycles. The van der Waals surface area contributed by atoms with Crippen LogP contribution in [0, 0.1) is 5.92 Å². The van der Waals surface area contributed by atoms with Gasteiger partial charge in [-0.05, 0) is 36.8 Å². The third kappa shape index (κ3) is 10.3. The van der Waals surface area contributed by atoms with Crippen molar-refractivity contribution in [2.45, 2.75) is 64.8 Å². The molecule has 13 nitrogen and oxygen atoms in total. The topological polar surface area (TPSA) is 197 Å². The van der Waals surface area contributed by atoms with E-state index in [1.54, 1.807) is 5.38 Å². The fourth-order valence-electron chi connectivity index (χ4n) is 3.87. The number of aliphatic hydroxyl groups excluding tert-OH is 1. The first kappa shape index (κ1) is 33.3. The van der Waals surface area contributed by atoms with E-state index in [9.17, 15) is 24.6 Å². The molecule has 0 aliphatic carbocycles. The highest BCUT2D eigenvalue weighted by molar-refractivity contribution is 7.13. The summed E-state index contributed by atoms with van der Waals surface area (Å²) < 4.78 is 5.78. The predicted molar refractivity (Wildman–Crippen MR) is 151 cm³/mol. The molecule has 224 valence electrons. The highest BCUT2D eigenvalue weighted by Crippen LogP contribution is 2.20. The van der Waals surface area contributed by atoms with E-state index in [2.05, 4.69) is 40.3 Å². The first-order chi connectivity index (χ1) is 19.1. The smallest absolute Gasteiger partial charge is 0.331 e. The van der Waals surface area contributed by atoms with E-state index in [-0.39, 0.29) is 30.5 Å². The van der Waals surface area contributed by atoms with Gasteiger partial charge in [0, 0.05) is 24.0 Å². The fraction of sp³-hybridized carbons (Fsp3) is 0.615. The van der Waals surface area contributed by atoms with Crippen LogP contribution in [-0.4, -0.2) is 78.7 Å². The molecule has 4 unspecified atom stereocenters. The number of carbonyl (C=O) groups excluding carboxylic acids is 2. The summed E-state index contributed by atoms with van der Waals surface area (Å²) in [5, 5.41) is 29.4.